The Morgan fingerprint density at radius 2 is 2.14 bits per heavy atom. The quantitative estimate of drug-likeness (QED) is 0.692. The molecule has 2 N–H and O–H groups in total. The Balaban J connectivity index is 1.71. The first kappa shape index (κ1) is 21.1. The summed E-state index contributed by atoms with van der Waals surface area (Å²) >= 11 is 0. The molecule has 0 radical (unpaired) electrons. The number of nitrogens with zero attached hydrogens (tertiary/aromatic N) is 1. The fraction of sp³-hybridized carbons (Fsp3) is 0.429. The van der Waals surface area contributed by atoms with E-state index in [-0.39, 0.29) is 23.8 Å². The Bertz CT molecular complexity index is 981. The van der Waals surface area contributed by atoms with Crippen LogP contribution < -0.4 is 9.03 Å². The maximum Gasteiger partial charge on any atom is 0.326 e. The highest BCUT2D eigenvalue weighted by atomic mass is 32.2. The maximum absolute atomic E-state index is 12.3. The molecule has 29 heavy (non-hydrogen) atoms. The van der Waals surface area contributed by atoms with Crippen LogP contribution in [0.2, 0.25) is 0 Å². The van der Waals surface area contributed by atoms with E-state index in [1.807, 2.05) is 17.7 Å². The summed E-state index contributed by atoms with van der Waals surface area (Å²) in [5, 5.41) is 10.3. The van der Waals surface area contributed by atoms with Crippen LogP contribution in [-0.4, -0.2) is 31.8 Å². The van der Waals surface area contributed by atoms with Gasteiger partial charge in [-0.15, -0.1) is 0 Å². The second-order valence-corrected chi connectivity index (χ2v) is 9.17. The number of Topliss-reactive ketones (excluding diaryl/α,β-unsaturated/α-hetero) is 1. The number of allylic oxidation sites excluding steroid dienone is 3. The molecular formula is C21H26N2O5S. The number of phenols is 1. The molecule has 7 nitrogen and oxygen atoms in total. The number of phenolic OH excluding ortho intramolecular Hbond substituents is 1. The molecule has 156 valence electrons. The third kappa shape index (κ3) is 4.70. The zero-order valence-electron chi connectivity index (χ0n) is 16.5. The van der Waals surface area contributed by atoms with Crippen molar-refractivity contribution in [2.75, 3.05) is 10.8 Å². The molecule has 1 aromatic rings. The molecule has 1 atom stereocenters. The van der Waals surface area contributed by atoms with Gasteiger partial charge in [-0.05, 0) is 73.3 Å². The summed E-state index contributed by atoms with van der Waals surface area (Å²) < 4.78 is 26.7. The minimum atomic E-state index is -3.95. The third-order valence-corrected chi connectivity index (χ3v) is 6.84. The number of carbonyl (C=O) groups is 2. The van der Waals surface area contributed by atoms with Crippen LogP contribution in [0.3, 0.4) is 0 Å². The van der Waals surface area contributed by atoms with Crippen molar-refractivity contribution in [1.29, 1.82) is 0 Å². The van der Waals surface area contributed by atoms with Gasteiger partial charge in [0.2, 0.25) is 0 Å². The number of hydrogen-bond donors (Lipinski definition) is 2. The van der Waals surface area contributed by atoms with Crippen molar-refractivity contribution >= 4 is 27.6 Å². The van der Waals surface area contributed by atoms with Crippen molar-refractivity contribution in [3.8, 4) is 5.75 Å². The van der Waals surface area contributed by atoms with Gasteiger partial charge in [-0.1, -0.05) is 25.6 Å². The van der Waals surface area contributed by atoms with E-state index in [0.29, 0.717) is 24.3 Å². The van der Waals surface area contributed by atoms with Gasteiger partial charge < -0.3 is 5.11 Å². The van der Waals surface area contributed by atoms with E-state index in [0.717, 1.165) is 41.1 Å². The molecule has 1 heterocycles. The van der Waals surface area contributed by atoms with E-state index in [4.69, 9.17) is 0 Å². The summed E-state index contributed by atoms with van der Waals surface area (Å²) in [6.07, 6.45) is 6.80. The summed E-state index contributed by atoms with van der Waals surface area (Å²) in [5.74, 6) is -0.416. The number of amides is 1. The van der Waals surface area contributed by atoms with Crippen molar-refractivity contribution in [1.82, 2.24) is 4.72 Å². The Morgan fingerprint density at radius 1 is 1.38 bits per heavy atom. The van der Waals surface area contributed by atoms with Gasteiger partial charge in [-0.3, -0.25) is 9.59 Å². The molecule has 8 heteroatoms. The molecule has 1 saturated heterocycles. The van der Waals surface area contributed by atoms with Gasteiger partial charge in [0.1, 0.15) is 12.3 Å². The van der Waals surface area contributed by atoms with E-state index in [1.165, 1.54) is 6.07 Å². The summed E-state index contributed by atoms with van der Waals surface area (Å²) in [4.78, 5) is 23.8. The molecule has 1 unspecified atom stereocenters. The van der Waals surface area contributed by atoms with Crippen LogP contribution in [0.4, 0.5) is 5.69 Å². The molecule has 1 aliphatic heterocycles. The second-order valence-electron chi connectivity index (χ2n) is 7.57. The minimum Gasteiger partial charge on any atom is -0.506 e. The Kier molecular flexibility index (Phi) is 6.12. The molecule has 0 bridgehead atoms. The number of aromatic hydroxyl groups is 1. The van der Waals surface area contributed by atoms with E-state index >= 15 is 0 Å². The third-order valence-electron chi connectivity index (χ3n) is 5.45. The zero-order valence-corrected chi connectivity index (χ0v) is 17.3. The minimum absolute atomic E-state index is 0.0603. The van der Waals surface area contributed by atoms with E-state index in [2.05, 4.69) is 6.58 Å². The number of ketones is 1. The van der Waals surface area contributed by atoms with Gasteiger partial charge in [0.15, 0.2) is 5.78 Å². The van der Waals surface area contributed by atoms with Crippen molar-refractivity contribution in [3.05, 3.63) is 47.6 Å². The van der Waals surface area contributed by atoms with Crippen LogP contribution in [0.25, 0.3) is 0 Å². The topological polar surface area (TPSA) is 104 Å². The number of benzene rings is 1. The summed E-state index contributed by atoms with van der Waals surface area (Å²) in [6.45, 7) is 5.42. The van der Waals surface area contributed by atoms with Crippen LogP contribution in [0.5, 0.6) is 5.75 Å². The second kappa shape index (κ2) is 8.41. The Hall–Kier alpha value is -2.61. The number of nitrogens with one attached hydrogen (secondary N) is 1. The van der Waals surface area contributed by atoms with Crippen LogP contribution in [0.15, 0.2) is 42.0 Å². The van der Waals surface area contributed by atoms with E-state index < -0.39 is 16.1 Å². The molecular weight excluding hydrogens is 392 g/mol. The first-order valence-corrected chi connectivity index (χ1v) is 11.2. The lowest BCUT2D eigenvalue weighted by molar-refractivity contribution is -0.117. The van der Waals surface area contributed by atoms with Gasteiger partial charge in [0, 0.05) is 0 Å². The highest BCUT2D eigenvalue weighted by molar-refractivity contribution is 7.92. The van der Waals surface area contributed by atoms with Crippen LogP contribution in [-0.2, 0) is 26.2 Å². The standard InChI is InChI=1S/C21H26N2O5S/c1-3-14(2)21(26)17-6-4-5-15(7-9-17)11-16-8-10-18(19(24)12-16)23-13-20(25)22-29(23,27)28/h8-10,12,15,24H,2-7,11,13H2,1H3,(H,22,25). The van der Waals surface area contributed by atoms with Gasteiger partial charge in [-0.25, -0.2) is 9.03 Å². The van der Waals surface area contributed by atoms with Crippen LogP contribution in [0, 0.1) is 5.92 Å². The monoisotopic (exact) mass is 418 g/mol. The van der Waals surface area contributed by atoms with Gasteiger partial charge in [-0.2, -0.15) is 8.42 Å². The molecule has 0 spiro atoms. The molecule has 1 aliphatic carbocycles. The largest absolute Gasteiger partial charge is 0.506 e. The molecule has 0 aromatic heterocycles. The average molecular weight is 419 g/mol. The SMILES string of the molecule is C=C(CC)C(=O)C1=CCC(Cc2ccc(N3CC(=O)NS3(=O)=O)c(O)c2)CCC1. The smallest absolute Gasteiger partial charge is 0.326 e. The average Bonchev–Trinajstić information content (AvgIpc) is 2.83. The van der Waals surface area contributed by atoms with Gasteiger partial charge in [0.25, 0.3) is 5.91 Å². The predicted molar refractivity (Wildman–Crippen MR) is 111 cm³/mol. The summed E-state index contributed by atoms with van der Waals surface area (Å²) in [5.41, 5.74) is 2.45. The Labute approximate surface area is 171 Å². The molecule has 0 saturated carbocycles. The van der Waals surface area contributed by atoms with Gasteiger partial charge in [0.05, 0.1) is 5.69 Å². The highest BCUT2D eigenvalue weighted by Gasteiger charge is 2.35. The summed E-state index contributed by atoms with van der Waals surface area (Å²) in [7, 11) is -3.95. The fourth-order valence-electron chi connectivity index (χ4n) is 3.79. The number of anilines is 1. The highest BCUT2D eigenvalue weighted by Crippen LogP contribution is 2.33. The number of rotatable bonds is 6. The molecule has 1 aromatic carbocycles. The van der Waals surface area contributed by atoms with Crippen molar-refractivity contribution < 1.29 is 23.1 Å². The fourth-order valence-corrected chi connectivity index (χ4v) is 4.95. The van der Waals surface area contributed by atoms with Crippen LogP contribution in [0.1, 0.15) is 44.6 Å². The summed E-state index contributed by atoms with van der Waals surface area (Å²) in [6, 6.07) is 4.84. The number of carbonyl (C=O) groups excluding carboxylic acids is 2. The van der Waals surface area contributed by atoms with Crippen LogP contribution >= 0.6 is 0 Å². The lowest BCUT2D eigenvalue weighted by atomic mass is 9.92. The van der Waals surface area contributed by atoms with Crippen molar-refractivity contribution in [3.63, 3.8) is 0 Å². The Morgan fingerprint density at radius 3 is 2.76 bits per heavy atom. The van der Waals surface area contributed by atoms with Crippen molar-refractivity contribution in [2.24, 2.45) is 5.92 Å². The maximum atomic E-state index is 12.3. The lowest BCUT2D eigenvalue weighted by Crippen LogP contribution is -2.29. The van der Waals surface area contributed by atoms with Crippen molar-refractivity contribution in [2.45, 2.75) is 45.4 Å². The first-order valence-electron chi connectivity index (χ1n) is 9.78. The van der Waals surface area contributed by atoms with Gasteiger partial charge >= 0.3 is 10.2 Å². The molecule has 1 amide bonds. The molecule has 3 rings (SSSR count). The number of hydrogen-bond acceptors (Lipinski definition) is 5. The van der Waals surface area contributed by atoms with E-state index in [9.17, 15) is 23.1 Å². The molecule has 2 aliphatic rings. The lowest BCUT2D eigenvalue weighted by Gasteiger charge is -2.18. The first-order chi connectivity index (χ1) is 13.7. The normalized spacial score (nSPS) is 21.3. The molecule has 1 fully saturated rings. The predicted octanol–water partition coefficient (Wildman–Crippen LogP) is 2.77. The van der Waals surface area contributed by atoms with E-state index in [1.54, 1.807) is 12.1 Å². The zero-order chi connectivity index (χ0) is 21.2.